The minimum absolute atomic E-state index is 0.0534. The Kier molecular flexibility index (Phi) is 3.56. The maximum atomic E-state index is 8.83. The molecular formula is C13H14N6O. The zero-order valence-corrected chi connectivity index (χ0v) is 10.8. The van der Waals surface area contributed by atoms with E-state index in [0.29, 0.717) is 11.6 Å². The number of nitriles is 1. The molecule has 2 aromatic heterocycles. The number of nitrogens with zero attached hydrogens (tertiary/aromatic N) is 4. The number of aromatic amines is 1. The fourth-order valence-electron chi connectivity index (χ4n) is 2.35. The lowest BCUT2D eigenvalue weighted by Crippen LogP contribution is -2.18. The Morgan fingerprint density at radius 3 is 3.25 bits per heavy atom. The van der Waals surface area contributed by atoms with E-state index in [-0.39, 0.29) is 6.10 Å². The van der Waals surface area contributed by atoms with Crippen molar-refractivity contribution in [3.8, 4) is 6.07 Å². The van der Waals surface area contributed by atoms with Gasteiger partial charge in [-0.15, -0.1) is 0 Å². The zero-order valence-electron chi connectivity index (χ0n) is 10.8. The molecule has 1 aliphatic rings. The number of pyridine rings is 1. The number of H-pyrrole nitrogens is 1. The summed E-state index contributed by atoms with van der Waals surface area (Å²) in [5.74, 6) is 1.09. The van der Waals surface area contributed by atoms with Crippen LogP contribution in [0.2, 0.25) is 0 Å². The summed E-state index contributed by atoms with van der Waals surface area (Å²) in [5.41, 5.74) is 1.30. The molecule has 0 aliphatic carbocycles. The second kappa shape index (κ2) is 5.67. The molecule has 0 amide bonds. The van der Waals surface area contributed by atoms with E-state index >= 15 is 0 Å². The molecule has 3 heterocycles. The minimum atomic E-state index is -0.0534. The van der Waals surface area contributed by atoms with Gasteiger partial charge in [0, 0.05) is 31.0 Å². The first-order chi connectivity index (χ1) is 9.86. The first-order valence-corrected chi connectivity index (χ1v) is 6.43. The van der Waals surface area contributed by atoms with Crippen molar-refractivity contribution in [3.05, 3.63) is 36.2 Å². The van der Waals surface area contributed by atoms with Gasteiger partial charge in [-0.05, 0) is 18.6 Å². The lowest BCUT2D eigenvalue weighted by molar-refractivity contribution is 0.0864. The van der Waals surface area contributed by atoms with Gasteiger partial charge in [-0.1, -0.05) is 0 Å². The van der Waals surface area contributed by atoms with Gasteiger partial charge in [0.05, 0.1) is 0 Å². The summed E-state index contributed by atoms with van der Waals surface area (Å²) in [6.07, 6.45) is 4.03. The fraction of sp³-hybridized carbons (Fsp3) is 0.385. The van der Waals surface area contributed by atoms with Crippen LogP contribution in [-0.2, 0) is 4.74 Å². The van der Waals surface area contributed by atoms with E-state index in [2.05, 4.69) is 25.5 Å². The SMILES string of the molecule is N#Cc1cc(NC[C@@H]2CCO[C@@H]2c2ncn[nH]2)ccn1. The predicted octanol–water partition coefficient (Wildman–Crippen LogP) is 1.26. The van der Waals surface area contributed by atoms with E-state index in [9.17, 15) is 0 Å². The van der Waals surface area contributed by atoms with Gasteiger partial charge >= 0.3 is 0 Å². The van der Waals surface area contributed by atoms with Crippen LogP contribution in [0, 0.1) is 17.2 Å². The van der Waals surface area contributed by atoms with Crippen LogP contribution < -0.4 is 5.32 Å². The van der Waals surface area contributed by atoms with E-state index in [4.69, 9.17) is 10.00 Å². The van der Waals surface area contributed by atoms with Gasteiger partial charge in [-0.3, -0.25) is 5.10 Å². The number of hydrogen-bond donors (Lipinski definition) is 2. The maximum absolute atomic E-state index is 8.83. The predicted molar refractivity (Wildman–Crippen MR) is 70.6 cm³/mol. The monoisotopic (exact) mass is 270 g/mol. The van der Waals surface area contributed by atoms with Crippen LogP contribution in [0.5, 0.6) is 0 Å². The van der Waals surface area contributed by atoms with Crippen LogP contribution in [0.3, 0.4) is 0 Å². The van der Waals surface area contributed by atoms with Crippen LogP contribution in [0.15, 0.2) is 24.7 Å². The zero-order chi connectivity index (χ0) is 13.8. The molecule has 0 radical (unpaired) electrons. The van der Waals surface area contributed by atoms with Gasteiger partial charge < -0.3 is 10.1 Å². The fourth-order valence-corrected chi connectivity index (χ4v) is 2.35. The van der Waals surface area contributed by atoms with Crippen molar-refractivity contribution in [2.75, 3.05) is 18.5 Å². The van der Waals surface area contributed by atoms with Crippen molar-refractivity contribution in [2.24, 2.45) is 5.92 Å². The standard InChI is InChI=1S/C13H14N6O/c14-6-11-5-10(1-3-15-11)16-7-9-2-4-20-12(9)13-17-8-18-19-13/h1,3,5,8-9,12H,2,4,7H2,(H,15,16)(H,17,18,19)/t9-,12-/m0/s1. The summed E-state index contributed by atoms with van der Waals surface area (Å²) in [5, 5.41) is 18.9. The third-order valence-electron chi connectivity index (χ3n) is 3.36. The summed E-state index contributed by atoms with van der Waals surface area (Å²) >= 11 is 0. The molecule has 0 aromatic carbocycles. The highest BCUT2D eigenvalue weighted by Crippen LogP contribution is 2.32. The Balaban J connectivity index is 1.64. The molecule has 2 atom stereocenters. The molecule has 0 saturated carbocycles. The third kappa shape index (κ3) is 2.60. The maximum Gasteiger partial charge on any atom is 0.153 e. The largest absolute Gasteiger partial charge is 0.385 e. The van der Waals surface area contributed by atoms with Gasteiger partial charge in [0.15, 0.2) is 5.82 Å². The first-order valence-electron chi connectivity index (χ1n) is 6.43. The highest BCUT2D eigenvalue weighted by molar-refractivity contribution is 5.45. The number of anilines is 1. The Hall–Kier alpha value is -2.46. The second-order valence-corrected chi connectivity index (χ2v) is 4.63. The molecule has 2 N–H and O–H groups in total. The van der Waals surface area contributed by atoms with Crippen LogP contribution in [0.1, 0.15) is 24.0 Å². The molecule has 3 rings (SSSR count). The minimum Gasteiger partial charge on any atom is -0.385 e. The van der Waals surface area contributed by atoms with Crippen LogP contribution in [0.25, 0.3) is 0 Å². The molecule has 20 heavy (non-hydrogen) atoms. The topological polar surface area (TPSA) is 99.5 Å². The smallest absolute Gasteiger partial charge is 0.153 e. The number of aromatic nitrogens is 4. The van der Waals surface area contributed by atoms with Crippen LogP contribution >= 0.6 is 0 Å². The molecule has 2 aromatic rings. The molecule has 1 fully saturated rings. The summed E-state index contributed by atoms with van der Waals surface area (Å²) in [4.78, 5) is 8.10. The molecule has 1 saturated heterocycles. The van der Waals surface area contributed by atoms with Crippen LogP contribution in [0.4, 0.5) is 5.69 Å². The summed E-state index contributed by atoms with van der Waals surface area (Å²) in [6.45, 7) is 1.47. The highest BCUT2D eigenvalue weighted by Gasteiger charge is 2.31. The second-order valence-electron chi connectivity index (χ2n) is 4.63. The van der Waals surface area contributed by atoms with Crippen molar-refractivity contribution < 1.29 is 4.74 Å². The highest BCUT2D eigenvalue weighted by atomic mass is 16.5. The molecule has 1 aliphatic heterocycles. The number of nitrogens with one attached hydrogen (secondary N) is 2. The normalized spacial score (nSPS) is 21.6. The van der Waals surface area contributed by atoms with E-state index in [1.807, 2.05) is 12.1 Å². The molecule has 7 nitrogen and oxygen atoms in total. The van der Waals surface area contributed by atoms with Gasteiger partial charge in [0.25, 0.3) is 0 Å². The van der Waals surface area contributed by atoms with Crippen molar-refractivity contribution in [3.63, 3.8) is 0 Å². The van der Waals surface area contributed by atoms with Gasteiger partial charge in [0.2, 0.25) is 0 Å². The van der Waals surface area contributed by atoms with E-state index < -0.39 is 0 Å². The average molecular weight is 270 g/mol. The van der Waals surface area contributed by atoms with Crippen molar-refractivity contribution >= 4 is 5.69 Å². The summed E-state index contributed by atoms with van der Waals surface area (Å²) in [6, 6.07) is 5.61. The number of ether oxygens (including phenoxy) is 1. The molecule has 0 spiro atoms. The van der Waals surface area contributed by atoms with Crippen molar-refractivity contribution in [1.82, 2.24) is 20.2 Å². The lowest BCUT2D eigenvalue weighted by atomic mass is 10.0. The van der Waals surface area contributed by atoms with Gasteiger partial charge in [0.1, 0.15) is 24.2 Å². The third-order valence-corrected chi connectivity index (χ3v) is 3.36. The first kappa shape index (κ1) is 12.6. The Bertz CT molecular complexity index is 606. The van der Waals surface area contributed by atoms with Gasteiger partial charge in [-0.25, -0.2) is 9.97 Å². The Morgan fingerprint density at radius 1 is 1.50 bits per heavy atom. The summed E-state index contributed by atoms with van der Waals surface area (Å²) in [7, 11) is 0. The van der Waals surface area contributed by atoms with Crippen LogP contribution in [-0.4, -0.2) is 33.3 Å². The molecule has 7 heteroatoms. The number of rotatable bonds is 4. The molecular weight excluding hydrogens is 256 g/mol. The Morgan fingerprint density at radius 2 is 2.45 bits per heavy atom. The van der Waals surface area contributed by atoms with Crippen molar-refractivity contribution in [2.45, 2.75) is 12.5 Å². The quantitative estimate of drug-likeness (QED) is 0.867. The number of hydrogen-bond acceptors (Lipinski definition) is 6. The lowest BCUT2D eigenvalue weighted by Gasteiger charge is -2.17. The molecule has 0 bridgehead atoms. The van der Waals surface area contributed by atoms with E-state index in [1.54, 1.807) is 12.3 Å². The van der Waals surface area contributed by atoms with Gasteiger partial charge in [-0.2, -0.15) is 10.4 Å². The molecule has 102 valence electrons. The summed E-state index contributed by atoms with van der Waals surface area (Å²) < 4.78 is 5.70. The van der Waals surface area contributed by atoms with E-state index in [1.165, 1.54) is 6.33 Å². The Labute approximate surface area is 116 Å². The van der Waals surface area contributed by atoms with E-state index in [0.717, 1.165) is 31.1 Å². The molecule has 0 unspecified atom stereocenters. The van der Waals surface area contributed by atoms with Crippen molar-refractivity contribution in [1.29, 1.82) is 5.26 Å². The average Bonchev–Trinajstić information content (AvgIpc) is 3.16.